The van der Waals surface area contributed by atoms with Crippen molar-refractivity contribution in [2.75, 3.05) is 13.2 Å². The third-order valence-electron chi connectivity index (χ3n) is 5.46. The molecule has 0 atom stereocenters. The maximum Gasteiger partial charge on any atom is 0.408 e. The Bertz CT molecular complexity index is 793. The van der Waals surface area contributed by atoms with E-state index in [-0.39, 0.29) is 5.97 Å². The predicted molar refractivity (Wildman–Crippen MR) is 108 cm³/mol. The number of nitrogens with one attached hydrogen (secondary N) is 2. The number of para-hydroxylation sites is 1. The van der Waals surface area contributed by atoms with Crippen molar-refractivity contribution in [1.82, 2.24) is 10.3 Å². The molecule has 28 heavy (non-hydrogen) atoms. The second-order valence-corrected chi connectivity index (χ2v) is 7.44. The molecular weight excluding hydrogens is 356 g/mol. The number of carbonyl (C=O) groups is 2. The van der Waals surface area contributed by atoms with E-state index in [9.17, 15) is 9.59 Å². The number of benzene rings is 1. The lowest BCUT2D eigenvalue weighted by atomic mass is 9.82. The number of rotatable bonds is 8. The maximum absolute atomic E-state index is 12.4. The summed E-state index contributed by atoms with van der Waals surface area (Å²) >= 11 is 0. The van der Waals surface area contributed by atoms with Gasteiger partial charge in [-0.2, -0.15) is 0 Å². The van der Waals surface area contributed by atoms with Crippen molar-refractivity contribution in [1.29, 1.82) is 0 Å². The van der Waals surface area contributed by atoms with E-state index < -0.39 is 11.6 Å². The largest absolute Gasteiger partial charge is 0.464 e. The van der Waals surface area contributed by atoms with E-state index in [0.717, 1.165) is 44.0 Å². The standard InChI is InChI=1S/C22H30N2O4/c1-2-27-20(25)22(13-7-3-8-14-22)24-21(26)28-15-9-6-10-17-16-23-19-12-5-4-11-18(17)19/h4-5,11-12,16,23H,2-3,6-10,13-15H2,1H3,(H,24,26). The molecule has 0 bridgehead atoms. The van der Waals surface area contributed by atoms with E-state index in [4.69, 9.17) is 9.47 Å². The third kappa shape index (κ3) is 4.86. The van der Waals surface area contributed by atoms with Crippen LogP contribution >= 0.6 is 0 Å². The van der Waals surface area contributed by atoms with E-state index in [1.165, 1.54) is 10.9 Å². The highest BCUT2D eigenvalue weighted by molar-refractivity contribution is 5.86. The highest BCUT2D eigenvalue weighted by Gasteiger charge is 2.42. The van der Waals surface area contributed by atoms with Crippen LogP contribution in [0.2, 0.25) is 0 Å². The Hall–Kier alpha value is -2.50. The summed E-state index contributed by atoms with van der Waals surface area (Å²) in [5, 5.41) is 4.05. The van der Waals surface area contributed by atoms with Gasteiger partial charge in [0.1, 0.15) is 5.54 Å². The molecule has 1 fully saturated rings. The van der Waals surface area contributed by atoms with Crippen molar-refractivity contribution in [3.8, 4) is 0 Å². The second kappa shape index (κ2) is 9.62. The zero-order valence-electron chi connectivity index (χ0n) is 16.6. The molecule has 152 valence electrons. The molecular formula is C22H30N2O4. The summed E-state index contributed by atoms with van der Waals surface area (Å²) in [4.78, 5) is 27.9. The van der Waals surface area contributed by atoms with Crippen molar-refractivity contribution < 1.29 is 19.1 Å². The van der Waals surface area contributed by atoms with Gasteiger partial charge in [0.25, 0.3) is 0 Å². The van der Waals surface area contributed by atoms with Gasteiger partial charge in [-0.3, -0.25) is 0 Å². The Balaban J connectivity index is 1.42. The van der Waals surface area contributed by atoms with Gasteiger partial charge in [-0.15, -0.1) is 0 Å². The third-order valence-corrected chi connectivity index (χ3v) is 5.46. The first-order valence-electron chi connectivity index (χ1n) is 10.3. The molecule has 1 aromatic heterocycles. The first-order chi connectivity index (χ1) is 13.6. The Morgan fingerprint density at radius 3 is 2.68 bits per heavy atom. The highest BCUT2D eigenvalue weighted by atomic mass is 16.6. The molecule has 0 saturated heterocycles. The van der Waals surface area contributed by atoms with E-state index in [0.29, 0.717) is 26.1 Å². The Morgan fingerprint density at radius 2 is 1.89 bits per heavy atom. The molecule has 0 radical (unpaired) electrons. The number of carbonyl (C=O) groups excluding carboxylic acids is 2. The van der Waals surface area contributed by atoms with Crippen LogP contribution in [-0.2, 0) is 20.7 Å². The van der Waals surface area contributed by atoms with Crippen molar-refractivity contribution in [2.45, 2.75) is 63.8 Å². The second-order valence-electron chi connectivity index (χ2n) is 7.44. The van der Waals surface area contributed by atoms with Crippen molar-refractivity contribution in [3.63, 3.8) is 0 Å². The van der Waals surface area contributed by atoms with Gasteiger partial charge in [-0.05, 0) is 50.7 Å². The van der Waals surface area contributed by atoms with Crippen LogP contribution in [0, 0.1) is 0 Å². The smallest absolute Gasteiger partial charge is 0.408 e. The zero-order chi connectivity index (χ0) is 19.8. The van der Waals surface area contributed by atoms with Crippen LogP contribution in [-0.4, -0.2) is 35.8 Å². The average Bonchev–Trinajstić information content (AvgIpc) is 3.12. The first-order valence-corrected chi connectivity index (χ1v) is 10.3. The molecule has 6 nitrogen and oxygen atoms in total. The van der Waals surface area contributed by atoms with Crippen molar-refractivity contribution in [3.05, 3.63) is 36.0 Å². The summed E-state index contributed by atoms with van der Waals surface area (Å²) in [6.45, 7) is 2.43. The number of ether oxygens (including phenoxy) is 2. The molecule has 1 saturated carbocycles. The number of fused-ring (bicyclic) bond motifs is 1. The number of alkyl carbamates (subject to hydrolysis) is 1. The monoisotopic (exact) mass is 386 g/mol. The lowest BCUT2D eigenvalue weighted by Crippen LogP contribution is -2.56. The van der Waals surface area contributed by atoms with E-state index >= 15 is 0 Å². The first kappa shape index (κ1) is 20.2. The normalized spacial score (nSPS) is 15.9. The molecule has 2 N–H and O–H groups in total. The van der Waals surface area contributed by atoms with Gasteiger partial charge in [0, 0.05) is 17.1 Å². The van der Waals surface area contributed by atoms with E-state index in [1.54, 1.807) is 6.92 Å². The summed E-state index contributed by atoms with van der Waals surface area (Å²) in [7, 11) is 0. The number of aryl methyl sites for hydroxylation is 1. The van der Waals surface area contributed by atoms with E-state index in [1.807, 2.05) is 18.3 Å². The topological polar surface area (TPSA) is 80.4 Å². The van der Waals surface area contributed by atoms with Crippen molar-refractivity contribution in [2.24, 2.45) is 0 Å². The van der Waals surface area contributed by atoms with Crippen LogP contribution in [0.1, 0.15) is 57.4 Å². The van der Waals surface area contributed by atoms with Crippen LogP contribution in [0.15, 0.2) is 30.5 Å². The molecule has 3 rings (SSSR count). The number of hydrogen-bond donors (Lipinski definition) is 2. The minimum atomic E-state index is -0.921. The summed E-state index contributed by atoms with van der Waals surface area (Å²) in [5.74, 6) is -0.342. The fraction of sp³-hybridized carbons (Fsp3) is 0.545. The molecule has 1 aromatic carbocycles. The molecule has 1 aliphatic carbocycles. The quantitative estimate of drug-likeness (QED) is 0.518. The number of hydrogen-bond acceptors (Lipinski definition) is 4. The van der Waals surface area contributed by atoms with Crippen LogP contribution in [0.4, 0.5) is 4.79 Å². The number of amides is 1. The fourth-order valence-corrected chi connectivity index (χ4v) is 3.96. The van der Waals surface area contributed by atoms with Gasteiger partial charge in [0.05, 0.1) is 13.2 Å². The van der Waals surface area contributed by atoms with Crippen molar-refractivity contribution >= 4 is 23.0 Å². The Kier molecular flexibility index (Phi) is 6.95. The minimum Gasteiger partial charge on any atom is -0.464 e. The average molecular weight is 386 g/mol. The van der Waals surface area contributed by atoms with Crippen LogP contribution in [0.25, 0.3) is 10.9 Å². The molecule has 1 amide bonds. The lowest BCUT2D eigenvalue weighted by molar-refractivity contribution is -0.152. The molecule has 0 aliphatic heterocycles. The fourth-order valence-electron chi connectivity index (χ4n) is 3.96. The predicted octanol–water partition coefficient (Wildman–Crippen LogP) is 4.48. The van der Waals surface area contributed by atoms with Gasteiger partial charge in [-0.25, -0.2) is 9.59 Å². The SMILES string of the molecule is CCOC(=O)C1(NC(=O)OCCCCc2c[nH]c3ccccc23)CCCCC1. The Morgan fingerprint density at radius 1 is 1.11 bits per heavy atom. The van der Waals surface area contributed by atoms with Crippen LogP contribution in [0.3, 0.4) is 0 Å². The number of H-pyrrole nitrogens is 1. The van der Waals surface area contributed by atoms with Gasteiger partial charge < -0.3 is 19.8 Å². The highest BCUT2D eigenvalue weighted by Crippen LogP contribution is 2.29. The zero-order valence-corrected chi connectivity index (χ0v) is 16.6. The summed E-state index contributed by atoms with van der Waals surface area (Å²) in [5.41, 5.74) is 1.50. The van der Waals surface area contributed by atoms with Gasteiger partial charge >= 0.3 is 12.1 Å². The van der Waals surface area contributed by atoms with Gasteiger partial charge in [0.15, 0.2) is 0 Å². The van der Waals surface area contributed by atoms with Crippen LogP contribution < -0.4 is 5.32 Å². The number of unbranched alkanes of at least 4 members (excludes halogenated alkanes) is 1. The van der Waals surface area contributed by atoms with Gasteiger partial charge in [0.2, 0.25) is 0 Å². The molecule has 1 aliphatic rings. The van der Waals surface area contributed by atoms with E-state index in [2.05, 4.69) is 22.4 Å². The summed E-state index contributed by atoms with van der Waals surface area (Å²) in [6.07, 6.45) is 8.27. The molecule has 0 spiro atoms. The lowest BCUT2D eigenvalue weighted by Gasteiger charge is -2.35. The summed E-state index contributed by atoms with van der Waals surface area (Å²) < 4.78 is 10.5. The summed E-state index contributed by atoms with van der Waals surface area (Å²) in [6, 6.07) is 8.24. The van der Waals surface area contributed by atoms with Gasteiger partial charge in [-0.1, -0.05) is 37.5 Å². The minimum absolute atomic E-state index is 0.311. The Labute approximate surface area is 166 Å². The number of aromatic nitrogens is 1. The number of esters is 1. The molecule has 6 heteroatoms. The molecule has 1 heterocycles. The molecule has 0 unspecified atom stereocenters. The molecule has 2 aromatic rings. The van der Waals surface area contributed by atoms with Crippen LogP contribution in [0.5, 0.6) is 0 Å². The number of aromatic amines is 1. The maximum atomic E-state index is 12.4.